The summed E-state index contributed by atoms with van der Waals surface area (Å²) >= 11 is 0. The van der Waals surface area contributed by atoms with Crippen LogP contribution in [0.1, 0.15) is 33.3 Å². The van der Waals surface area contributed by atoms with Crippen LogP contribution in [0.2, 0.25) is 0 Å². The first-order chi connectivity index (χ1) is 13.1. The fourth-order valence-corrected chi connectivity index (χ4v) is 3.43. The van der Waals surface area contributed by atoms with Gasteiger partial charge in [-0.3, -0.25) is 0 Å². The zero-order valence-electron chi connectivity index (χ0n) is 16.5. The molecule has 0 unspecified atom stereocenters. The van der Waals surface area contributed by atoms with Gasteiger partial charge >= 0.3 is 0 Å². The molecule has 27 heavy (non-hydrogen) atoms. The molecule has 0 aromatic heterocycles. The Morgan fingerprint density at radius 3 is 2.33 bits per heavy atom. The van der Waals surface area contributed by atoms with E-state index >= 15 is 0 Å². The van der Waals surface area contributed by atoms with Crippen molar-refractivity contribution in [3.05, 3.63) is 60.2 Å². The fourth-order valence-electron chi connectivity index (χ4n) is 3.43. The van der Waals surface area contributed by atoms with Gasteiger partial charge in [-0.15, -0.1) is 0 Å². The van der Waals surface area contributed by atoms with Crippen LogP contribution >= 0.6 is 0 Å². The number of anilines is 1. The Labute approximate surface area is 161 Å². The number of nitriles is 1. The molecule has 0 saturated carbocycles. The molecular formula is C24H26N2O. The molecule has 0 N–H and O–H groups in total. The van der Waals surface area contributed by atoms with Crippen LogP contribution in [0.3, 0.4) is 0 Å². The van der Waals surface area contributed by atoms with Gasteiger partial charge in [0.15, 0.2) is 0 Å². The van der Waals surface area contributed by atoms with Gasteiger partial charge in [0, 0.05) is 24.3 Å². The summed E-state index contributed by atoms with van der Waals surface area (Å²) in [5.74, 6) is 0.641. The van der Waals surface area contributed by atoms with E-state index in [1.165, 1.54) is 16.5 Å². The molecule has 3 nitrogen and oxygen atoms in total. The zero-order valence-corrected chi connectivity index (χ0v) is 16.5. The largest absolute Gasteiger partial charge is 0.490 e. The highest BCUT2D eigenvalue weighted by Gasteiger charge is 2.13. The van der Waals surface area contributed by atoms with E-state index in [0.29, 0.717) is 11.3 Å². The Kier molecular flexibility index (Phi) is 5.66. The third-order valence-corrected chi connectivity index (χ3v) is 4.76. The SMILES string of the molecule is CCN(CC)c1ccc2cc(-c3cccc(OC(C)C)c3C#N)ccc2c1. The van der Waals surface area contributed by atoms with Crippen molar-refractivity contribution < 1.29 is 4.74 Å². The van der Waals surface area contributed by atoms with Crippen LogP contribution in [-0.2, 0) is 0 Å². The van der Waals surface area contributed by atoms with Crippen molar-refractivity contribution in [2.45, 2.75) is 33.8 Å². The van der Waals surface area contributed by atoms with Crippen LogP contribution in [0.15, 0.2) is 54.6 Å². The average Bonchev–Trinajstić information content (AvgIpc) is 2.68. The summed E-state index contributed by atoms with van der Waals surface area (Å²) < 4.78 is 5.82. The standard InChI is InChI=1S/C24H26N2O/c1-5-26(6-2)21-13-12-18-14-20(11-10-19(18)15-21)22-8-7-9-24(23(22)16-25)27-17(3)4/h7-15,17H,5-6H2,1-4H3. The minimum absolute atomic E-state index is 0.0300. The van der Waals surface area contributed by atoms with Crippen LogP contribution in [0.4, 0.5) is 5.69 Å². The summed E-state index contributed by atoms with van der Waals surface area (Å²) in [5.41, 5.74) is 3.77. The maximum atomic E-state index is 9.70. The predicted molar refractivity (Wildman–Crippen MR) is 113 cm³/mol. The van der Waals surface area contributed by atoms with E-state index < -0.39 is 0 Å². The van der Waals surface area contributed by atoms with Gasteiger partial charge in [-0.2, -0.15) is 5.26 Å². The number of hydrogen-bond acceptors (Lipinski definition) is 3. The van der Waals surface area contributed by atoms with Crippen molar-refractivity contribution in [2.24, 2.45) is 0 Å². The molecule has 0 atom stereocenters. The van der Waals surface area contributed by atoms with Crippen molar-refractivity contribution in [1.29, 1.82) is 5.26 Å². The quantitative estimate of drug-likeness (QED) is 0.541. The third-order valence-electron chi connectivity index (χ3n) is 4.76. The van der Waals surface area contributed by atoms with Gasteiger partial charge in [0.1, 0.15) is 17.4 Å². The first kappa shape index (κ1) is 18.8. The van der Waals surface area contributed by atoms with Crippen LogP contribution in [-0.4, -0.2) is 19.2 Å². The van der Waals surface area contributed by atoms with E-state index in [4.69, 9.17) is 4.74 Å². The van der Waals surface area contributed by atoms with Crippen LogP contribution in [0, 0.1) is 11.3 Å². The maximum Gasteiger partial charge on any atom is 0.138 e. The summed E-state index contributed by atoms with van der Waals surface area (Å²) in [6.07, 6.45) is 0.0300. The second-order valence-electron chi connectivity index (χ2n) is 6.88. The minimum atomic E-state index is 0.0300. The molecule has 138 valence electrons. The molecule has 0 bridgehead atoms. The molecule has 0 saturated heterocycles. The smallest absolute Gasteiger partial charge is 0.138 e. The molecule has 3 rings (SSSR count). The Morgan fingerprint density at radius 2 is 1.67 bits per heavy atom. The number of benzene rings is 3. The topological polar surface area (TPSA) is 36.3 Å². The van der Waals surface area contributed by atoms with Gasteiger partial charge in [0.25, 0.3) is 0 Å². The van der Waals surface area contributed by atoms with Crippen molar-refractivity contribution in [3.63, 3.8) is 0 Å². The van der Waals surface area contributed by atoms with E-state index in [0.717, 1.165) is 24.2 Å². The lowest BCUT2D eigenvalue weighted by Gasteiger charge is -2.21. The molecule has 0 radical (unpaired) electrons. The van der Waals surface area contributed by atoms with E-state index in [1.54, 1.807) is 0 Å². The summed E-state index contributed by atoms with van der Waals surface area (Å²) in [5, 5.41) is 12.1. The third kappa shape index (κ3) is 3.90. The number of nitrogens with zero attached hydrogens (tertiary/aromatic N) is 2. The lowest BCUT2D eigenvalue weighted by atomic mass is 9.96. The Bertz CT molecular complexity index is 981. The van der Waals surface area contributed by atoms with Crippen LogP contribution in [0.25, 0.3) is 21.9 Å². The van der Waals surface area contributed by atoms with E-state index in [9.17, 15) is 5.26 Å². The minimum Gasteiger partial charge on any atom is -0.490 e. The molecule has 3 aromatic rings. The molecule has 3 heteroatoms. The number of rotatable bonds is 6. The predicted octanol–water partition coefficient (Wildman–Crippen LogP) is 6.01. The second-order valence-corrected chi connectivity index (χ2v) is 6.88. The average molecular weight is 358 g/mol. The fraction of sp³-hybridized carbons (Fsp3) is 0.292. The summed E-state index contributed by atoms with van der Waals surface area (Å²) in [4.78, 5) is 2.34. The molecule has 0 fully saturated rings. The van der Waals surface area contributed by atoms with Crippen LogP contribution < -0.4 is 9.64 Å². The van der Waals surface area contributed by atoms with Gasteiger partial charge in [-0.05, 0) is 68.3 Å². The summed E-state index contributed by atoms with van der Waals surface area (Å²) in [6, 6.07) is 21.0. The Morgan fingerprint density at radius 1 is 0.963 bits per heavy atom. The highest BCUT2D eigenvalue weighted by molar-refractivity contribution is 5.91. The van der Waals surface area contributed by atoms with E-state index in [2.05, 4.69) is 61.2 Å². The highest BCUT2D eigenvalue weighted by atomic mass is 16.5. The molecule has 0 aliphatic heterocycles. The highest BCUT2D eigenvalue weighted by Crippen LogP contribution is 2.33. The molecule has 0 spiro atoms. The van der Waals surface area contributed by atoms with Crippen LogP contribution in [0.5, 0.6) is 5.75 Å². The van der Waals surface area contributed by atoms with Crippen molar-refractivity contribution in [3.8, 4) is 22.9 Å². The van der Waals surface area contributed by atoms with Gasteiger partial charge in [0.05, 0.1) is 6.10 Å². The molecule has 3 aromatic carbocycles. The molecule has 0 aliphatic rings. The lowest BCUT2D eigenvalue weighted by molar-refractivity contribution is 0.242. The molecular weight excluding hydrogens is 332 g/mol. The lowest BCUT2D eigenvalue weighted by Crippen LogP contribution is -2.21. The number of hydrogen-bond donors (Lipinski definition) is 0. The molecule has 0 amide bonds. The van der Waals surface area contributed by atoms with E-state index in [-0.39, 0.29) is 6.10 Å². The Hall–Kier alpha value is -2.99. The number of ether oxygens (including phenoxy) is 1. The summed E-state index contributed by atoms with van der Waals surface area (Å²) in [6.45, 7) is 10.3. The first-order valence-corrected chi connectivity index (χ1v) is 9.56. The first-order valence-electron chi connectivity index (χ1n) is 9.56. The second kappa shape index (κ2) is 8.14. The molecule has 0 heterocycles. The summed E-state index contributed by atoms with van der Waals surface area (Å²) in [7, 11) is 0. The normalized spacial score (nSPS) is 10.8. The maximum absolute atomic E-state index is 9.70. The number of fused-ring (bicyclic) bond motifs is 1. The monoisotopic (exact) mass is 358 g/mol. The van der Waals surface area contributed by atoms with Gasteiger partial charge in [0.2, 0.25) is 0 Å². The Balaban J connectivity index is 2.06. The van der Waals surface area contributed by atoms with Crippen molar-refractivity contribution >= 4 is 16.5 Å². The zero-order chi connectivity index (χ0) is 19.4. The van der Waals surface area contributed by atoms with Gasteiger partial charge in [-0.25, -0.2) is 0 Å². The van der Waals surface area contributed by atoms with Crippen molar-refractivity contribution in [1.82, 2.24) is 0 Å². The van der Waals surface area contributed by atoms with E-state index in [1.807, 2.05) is 32.0 Å². The van der Waals surface area contributed by atoms with Gasteiger partial charge < -0.3 is 9.64 Å². The van der Waals surface area contributed by atoms with Crippen molar-refractivity contribution in [2.75, 3.05) is 18.0 Å². The van der Waals surface area contributed by atoms with Gasteiger partial charge in [-0.1, -0.05) is 30.3 Å². The molecule has 0 aliphatic carbocycles.